The normalized spacial score (nSPS) is 34.6. The van der Waals surface area contributed by atoms with Crippen molar-refractivity contribution in [2.24, 2.45) is 17.3 Å². The zero-order valence-electron chi connectivity index (χ0n) is 15.6. The van der Waals surface area contributed by atoms with Crippen molar-refractivity contribution in [3.63, 3.8) is 0 Å². The molecule has 152 valence electrons. The van der Waals surface area contributed by atoms with Crippen LogP contribution in [-0.4, -0.2) is 78.8 Å². The minimum atomic E-state index is -5.05. The standard InChI is InChI=1S/C18H26F3N3O3/c1-3-23(4-2)14(25)13-12-7-24(11-5-16(6-11)8-22-9-16)10-17(12,13)27-15(26)18(19,20)21/h11-13,22H,3-10H2,1-2H3/t12-,13+,17-/m1/s1. The van der Waals surface area contributed by atoms with Crippen LogP contribution in [0.2, 0.25) is 0 Å². The molecule has 2 saturated carbocycles. The number of hydrogen-bond donors (Lipinski definition) is 1. The number of alkyl halides is 3. The summed E-state index contributed by atoms with van der Waals surface area (Å²) < 4.78 is 43.4. The van der Waals surface area contributed by atoms with Gasteiger partial charge in [-0.15, -0.1) is 0 Å². The Balaban J connectivity index is 1.47. The summed E-state index contributed by atoms with van der Waals surface area (Å²) in [6, 6.07) is 0.311. The number of fused-ring (bicyclic) bond motifs is 1. The zero-order valence-corrected chi connectivity index (χ0v) is 15.6. The van der Waals surface area contributed by atoms with E-state index in [4.69, 9.17) is 4.74 Å². The van der Waals surface area contributed by atoms with E-state index < -0.39 is 23.7 Å². The van der Waals surface area contributed by atoms with Crippen LogP contribution >= 0.6 is 0 Å². The Bertz CT molecular complexity index is 639. The molecule has 9 heteroatoms. The van der Waals surface area contributed by atoms with Gasteiger partial charge in [-0.1, -0.05) is 0 Å². The molecule has 6 nitrogen and oxygen atoms in total. The molecular formula is C18H26F3N3O3. The van der Waals surface area contributed by atoms with Crippen molar-refractivity contribution in [3.05, 3.63) is 0 Å². The van der Waals surface area contributed by atoms with Gasteiger partial charge < -0.3 is 15.0 Å². The van der Waals surface area contributed by atoms with Gasteiger partial charge in [-0.25, -0.2) is 4.79 Å². The van der Waals surface area contributed by atoms with E-state index in [9.17, 15) is 22.8 Å². The van der Waals surface area contributed by atoms with E-state index >= 15 is 0 Å². The first kappa shape index (κ1) is 19.0. The maximum atomic E-state index is 12.8. The largest absolute Gasteiger partial charge is 0.490 e. The van der Waals surface area contributed by atoms with Crippen molar-refractivity contribution in [2.75, 3.05) is 39.3 Å². The third-order valence-electron chi connectivity index (χ3n) is 7.04. The first-order chi connectivity index (χ1) is 12.7. The van der Waals surface area contributed by atoms with E-state index in [0.717, 1.165) is 25.9 Å². The van der Waals surface area contributed by atoms with Crippen LogP contribution < -0.4 is 5.32 Å². The lowest BCUT2D eigenvalue weighted by Crippen LogP contribution is -2.65. The van der Waals surface area contributed by atoms with Gasteiger partial charge in [0.15, 0.2) is 0 Å². The highest BCUT2D eigenvalue weighted by atomic mass is 19.4. The van der Waals surface area contributed by atoms with E-state index in [1.165, 1.54) is 0 Å². The number of nitrogens with one attached hydrogen (secondary N) is 1. The lowest BCUT2D eigenvalue weighted by atomic mass is 9.61. The summed E-state index contributed by atoms with van der Waals surface area (Å²) in [4.78, 5) is 28.0. The fraction of sp³-hybridized carbons (Fsp3) is 0.889. The molecule has 4 rings (SSSR count). The Labute approximate surface area is 156 Å². The first-order valence-electron chi connectivity index (χ1n) is 9.69. The molecule has 2 saturated heterocycles. The summed E-state index contributed by atoms with van der Waals surface area (Å²) in [6.45, 7) is 7.40. The number of carbonyl (C=O) groups is 2. The summed E-state index contributed by atoms with van der Waals surface area (Å²) in [5.41, 5.74) is -0.962. The highest BCUT2D eigenvalue weighted by Gasteiger charge is 2.77. The van der Waals surface area contributed by atoms with Gasteiger partial charge in [0.2, 0.25) is 5.91 Å². The number of amides is 1. The molecule has 2 heterocycles. The molecular weight excluding hydrogens is 363 g/mol. The third-order valence-corrected chi connectivity index (χ3v) is 7.04. The number of piperidine rings is 1. The number of esters is 1. The average Bonchev–Trinajstić information content (AvgIpc) is 2.94. The molecule has 4 aliphatic rings. The minimum absolute atomic E-state index is 0.201. The molecule has 27 heavy (non-hydrogen) atoms. The number of rotatable bonds is 5. The fourth-order valence-corrected chi connectivity index (χ4v) is 5.36. The molecule has 2 aliphatic carbocycles. The number of carbonyl (C=O) groups excluding carboxylic acids is 2. The van der Waals surface area contributed by atoms with Gasteiger partial charge in [-0.3, -0.25) is 9.69 Å². The summed E-state index contributed by atoms with van der Waals surface area (Å²) in [7, 11) is 0. The van der Waals surface area contributed by atoms with Crippen LogP contribution in [0, 0.1) is 17.3 Å². The van der Waals surface area contributed by atoms with Crippen LogP contribution in [0.4, 0.5) is 13.2 Å². The van der Waals surface area contributed by atoms with Crippen LogP contribution in [0.25, 0.3) is 0 Å². The molecule has 3 atom stereocenters. The van der Waals surface area contributed by atoms with E-state index in [1.54, 1.807) is 4.90 Å². The van der Waals surface area contributed by atoms with Gasteiger partial charge in [0.05, 0.1) is 5.92 Å². The van der Waals surface area contributed by atoms with Crippen molar-refractivity contribution in [3.8, 4) is 0 Å². The van der Waals surface area contributed by atoms with Crippen molar-refractivity contribution in [1.29, 1.82) is 0 Å². The molecule has 2 aliphatic heterocycles. The van der Waals surface area contributed by atoms with Crippen molar-refractivity contribution < 1.29 is 27.5 Å². The van der Waals surface area contributed by atoms with Gasteiger partial charge in [0.1, 0.15) is 5.60 Å². The highest BCUT2D eigenvalue weighted by Crippen LogP contribution is 2.61. The Hall–Kier alpha value is -1.35. The Kier molecular flexibility index (Phi) is 4.27. The first-order valence-corrected chi connectivity index (χ1v) is 9.69. The minimum Gasteiger partial charge on any atom is -0.450 e. The molecule has 0 aromatic heterocycles. The highest BCUT2D eigenvalue weighted by molar-refractivity contribution is 5.86. The second kappa shape index (κ2) is 6.07. The van der Waals surface area contributed by atoms with Gasteiger partial charge in [-0.2, -0.15) is 13.2 Å². The third kappa shape index (κ3) is 2.85. The van der Waals surface area contributed by atoms with Crippen molar-refractivity contribution in [1.82, 2.24) is 15.1 Å². The summed E-state index contributed by atoms with van der Waals surface area (Å²) in [5.74, 6) is -3.38. The Morgan fingerprint density at radius 2 is 1.85 bits per heavy atom. The predicted molar refractivity (Wildman–Crippen MR) is 89.7 cm³/mol. The molecule has 1 spiro atoms. The lowest BCUT2D eigenvalue weighted by Gasteiger charge is -2.57. The monoisotopic (exact) mass is 389 g/mol. The number of halogens is 3. The molecule has 1 N–H and O–H groups in total. The van der Waals surface area contributed by atoms with E-state index in [2.05, 4.69) is 10.2 Å². The molecule has 0 aromatic rings. The molecule has 0 bridgehead atoms. The number of nitrogens with zero attached hydrogens (tertiary/aromatic N) is 2. The van der Waals surface area contributed by atoms with Crippen LogP contribution in [0.3, 0.4) is 0 Å². The van der Waals surface area contributed by atoms with Crippen LogP contribution in [0.1, 0.15) is 26.7 Å². The maximum Gasteiger partial charge on any atom is 0.490 e. The Morgan fingerprint density at radius 1 is 1.22 bits per heavy atom. The van der Waals surface area contributed by atoms with Gasteiger partial charge in [-0.05, 0) is 32.1 Å². The second-order valence-corrected chi connectivity index (χ2v) is 8.53. The topological polar surface area (TPSA) is 61.9 Å². The molecule has 0 radical (unpaired) electrons. The fourth-order valence-electron chi connectivity index (χ4n) is 5.36. The molecule has 0 aromatic carbocycles. The number of likely N-dealkylation sites (tertiary alicyclic amines) is 1. The van der Waals surface area contributed by atoms with E-state index in [-0.39, 0.29) is 18.4 Å². The number of ether oxygens (including phenoxy) is 1. The van der Waals surface area contributed by atoms with Gasteiger partial charge in [0, 0.05) is 51.2 Å². The summed E-state index contributed by atoms with van der Waals surface area (Å²) in [5, 5.41) is 3.27. The average molecular weight is 389 g/mol. The quantitative estimate of drug-likeness (QED) is 0.712. The van der Waals surface area contributed by atoms with E-state index in [1.807, 2.05) is 13.8 Å². The van der Waals surface area contributed by atoms with Gasteiger partial charge in [0.25, 0.3) is 0 Å². The molecule has 1 amide bonds. The smallest absolute Gasteiger partial charge is 0.450 e. The zero-order chi connectivity index (χ0) is 19.6. The van der Waals surface area contributed by atoms with Crippen LogP contribution in [-0.2, 0) is 14.3 Å². The van der Waals surface area contributed by atoms with Crippen molar-refractivity contribution in [2.45, 2.75) is 44.5 Å². The molecule has 4 fully saturated rings. The maximum absolute atomic E-state index is 12.8. The SMILES string of the molecule is CCN(CC)C(=O)[C@@H]1[C@H]2CN(C3CC4(CNC4)C3)C[C@@]21OC(=O)C(F)(F)F. The van der Waals surface area contributed by atoms with Crippen molar-refractivity contribution >= 4 is 11.9 Å². The van der Waals surface area contributed by atoms with Gasteiger partial charge >= 0.3 is 12.1 Å². The van der Waals surface area contributed by atoms with Crippen LogP contribution in [0.15, 0.2) is 0 Å². The summed E-state index contributed by atoms with van der Waals surface area (Å²) in [6.07, 6.45) is -3.01. The second-order valence-electron chi connectivity index (χ2n) is 8.53. The predicted octanol–water partition coefficient (Wildman–Crippen LogP) is 1.01. The lowest BCUT2D eigenvalue weighted by molar-refractivity contribution is -0.208. The molecule has 0 unspecified atom stereocenters. The summed E-state index contributed by atoms with van der Waals surface area (Å²) >= 11 is 0. The Morgan fingerprint density at radius 3 is 2.33 bits per heavy atom. The number of hydrogen-bond acceptors (Lipinski definition) is 5. The van der Waals surface area contributed by atoms with E-state index in [0.29, 0.717) is 31.1 Å². The van der Waals surface area contributed by atoms with Crippen LogP contribution in [0.5, 0.6) is 0 Å².